The van der Waals surface area contributed by atoms with E-state index in [1.54, 1.807) is 0 Å². The first-order valence-electron chi connectivity index (χ1n) is 7.74. The van der Waals surface area contributed by atoms with Gasteiger partial charge in [-0.1, -0.05) is 36.6 Å². The van der Waals surface area contributed by atoms with Crippen LogP contribution < -0.4 is 11.1 Å². The molecule has 1 saturated carbocycles. The van der Waals surface area contributed by atoms with E-state index in [0.29, 0.717) is 0 Å². The zero-order valence-electron chi connectivity index (χ0n) is 12.7. The minimum atomic E-state index is -0.233. The molecule has 1 aromatic carbocycles. The van der Waals surface area contributed by atoms with Gasteiger partial charge in [0.15, 0.2) is 11.5 Å². The maximum absolute atomic E-state index is 12.3. The van der Waals surface area contributed by atoms with E-state index in [2.05, 4.69) is 15.6 Å². The van der Waals surface area contributed by atoms with Crippen LogP contribution in [0.25, 0.3) is 5.69 Å². The Bertz CT molecular complexity index is 673. The number of nitrogens with two attached hydrogens (primary N) is 1. The maximum atomic E-state index is 12.3. The molecule has 0 atom stereocenters. The van der Waals surface area contributed by atoms with Gasteiger partial charge in [0.05, 0.1) is 5.69 Å². The first-order chi connectivity index (χ1) is 10.6. The van der Waals surface area contributed by atoms with Gasteiger partial charge in [0.2, 0.25) is 0 Å². The molecule has 6 heteroatoms. The Morgan fingerprint density at radius 1 is 1.32 bits per heavy atom. The molecule has 3 rings (SSSR count). The second kappa shape index (κ2) is 6.17. The van der Waals surface area contributed by atoms with Gasteiger partial charge in [-0.3, -0.25) is 4.79 Å². The molecule has 1 heterocycles. The predicted molar refractivity (Wildman–Crippen MR) is 84.8 cm³/mol. The largest absolute Gasteiger partial charge is 0.382 e. The molecule has 2 aromatic rings. The monoisotopic (exact) mass is 299 g/mol. The number of hydrogen-bond donors (Lipinski definition) is 2. The van der Waals surface area contributed by atoms with Gasteiger partial charge in [0.25, 0.3) is 5.91 Å². The summed E-state index contributed by atoms with van der Waals surface area (Å²) in [7, 11) is 0. The van der Waals surface area contributed by atoms with Gasteiger partial charge in [0, 0.05) is 6.04 Å². The van der Waals surface area contributed by atoms with Gasteiger partial charge in [0.1, 0.15) is 0 Å². The standard InChI is InChI=1S/C16H21N5O/c1-11-6-5-9-13(10-11)21-15(17)14(19-20-21)16(22)18-12-7-3-2-4-8-12/h5-6,9-10,12H,2-4,7-8,17H2,1H3,(H,18,22). The van der Waals surface area contributed by atoms with Crippen LogP contribution in [0.2, 0.25) is 0 Å². The highest BCUT2D eigenvalue weighted by atomic mass is 16.2. The molecule has 1 aromatic heterocycles. The Balaban J connectivity index is 1.79. The molecule has 0 saturated heterocycles. The Kier molecular flexibility index (Phi) is 4.09. The number of carbonyl (C=O) groups is 1. The normalized spacial score (nSPS) is 15.7. The summed E-state index contributed by atoms with van der Waals surface area (Å²) in [5.74, 6) is 0.0437. The summed E-state index contributed by atoms with van der Waals surface area (Å²) >= 11 is 0. The van der Waals surface area contributed by atoms with E-state index in [9.17, 15) is 4.79 Å². The average Bonchev–Trinajstić information content (AvgIpc) is 2.90. The molecule has 0 spiro atoms. The third kappa shape index (κ3) is 2.95. The van der Waals surface area contributed by atoms with Crippen molar-refractivity contribution >= 4 is 11.7 Å². The molecule has 3 N–H and O–H groups in total. The van der Waals surface area contributed by atoms with Gasteiger partial charge < -0.3 is 11.1 Å². The summed E-state index contributed by atoms with van der Waals surface area (Å²) in [6, 6.07) is 7.99. The lowest BCUT2D eigenvalue weighted by Crippen LogP contribution is -2.36. The fourth-order valence-corrected chi connectivity index (χ4v) is 2.90. The number of amides is 1. The number of benzene rings is 1. The van der Waals surface area contributed by atoms with E-state index >= 15 is 0 Å². The van der Waals surface area contributed by atoms with Crippen LogP contribution in [-0.2, 0) is 0 Å². The molecule has 0 bridgehead atoms. The van der Waals surface area contributed by atoms with Crippen molar-refractivity contribution in [3.63, 3.8) is 0 Å². The molecule has 6 nitrogen and oxygen atoms in total. The highest BCUT2D eigenvalue weighted by Gasteiger charge is 2.22. The fraction of sp³-hybridized carbons (Fsp3) is 0.438. The zero-order chi connectivity index (χ0) is 15.5. The van der Waals surface area contributed by atoms with Crippen LogP contribution >= 0.6 is 0 Å². The number of hydrogen-bond acceptors (Lipinski definition) is 4. The first kappa shape index (κ1) is 14.6. The quantitative estimate of drug-likeness (QED) is 0.910. The van der Waals surface area contributed by atoms with Crippen LogP contribution in [0, 0.1) is 6.92 Å². The van der Waals surface area contributed by atoms with Crippen molar-refractivity contribution in [2.24, 2.45) is 0 Å². The summed E-state index contributed by atoms with van der Waals surface area (Å²) in [6.45, 7) is 1.99. The van der Waals surface area contributed by atoms with Gasteiger partial charge in [-0.2, -0.15) is 4.68 Å². The lowest BCUT2D eigenvalue weighted by atomic mass is 9.95. The summed E-state index contributed by atoms with van der Waals surface area (Å²) < 4.78 is 1.50. The second-order valence-corrected chi connectivity index (χ2v) is 5.88. The summed E-state index contributed by atoms with van der Waals surface area (Å²) in [4.78, 5) is 12.3. The lowest BCUT2D eigenvalue weighted by molar-refractivity contribution is 0.0923. The van der Waals surface area contributed by atoms with Crippen LogP contribution in [0.4, 0.5) is 5.82 Å². The Hall–Kier alpha value is -2.37. The van der Waals surface area contributed by atoms with Crippen molar-refractivity contribution in [2.45, 2.75) is 45.1 Å². The van der Waals surface area contributed by atoms with Gasteiger partial charge in [-0.05, 0) is 37.5 Å². The van der Waals surface area contributed by atoms with Crippen molar-refractivity contribution in [1.29, 1.82) is 0 Å². The van der Waals surface area contributed by atoms with Crippen LogP contribution in [0.3, 0.4) is 0 Å². The smallest absolute Gasteiger partial charge is 0.275 e. The maximum Gasteiger partial charge on any atom is 0.275 e. The molecule has 1 amide bonds. The molecule has 0 radical (unpaired) electrons. The molecule has 1 aliphatic carbocycles. The third-order valence-electron chi connectivity index (χ3n) is 4.11. The summed E-state index contributed by atoms with van der Waals surface area (Å²) in [5.41, 5.74) is 8.17. The number of aromatic nitrogens is 3. The molecule has 1 aliphatic rings. The molecular formula is C16H21N5O. The topological polar surface area (TPSA) is 85.8 Å². The van der Waals surface area contributed by atoms with E-state index < -0.39 is 0 Å². The van der Waals surface area contributed by atoms with Crippen LogP contribution in [0.1, 0.15) is 48.2 Å². The van der Waals surface area contributed by atoms with E-state index in [4.69, 9.17) is 5.73 Å². The van der Waals surface area contributed by atoms with E-state index in [1.807, 2.05) is 31.2 Å². The second-order valence-electron chi connectivity index (χ2n) is 5.88. The van der Waals surface area contributed by atoms with E-state index in [1.165, 1.54) is 11.1 Å². The molecular weight excluding hydrogens is 278 g/mol. The van der Waals surface area contributed by atoms with Gasteiger partial charge in [-0.15, -0.1) is 5.10 Å². The number of nitrogens with zero attached hydrogens (tertiary/aromatic N) is 3. The minimum absolute atomic E-state index is 0.201. The highest BCUT2D eigenvalue weighted by Crippen LogP contribution is 2.19. The minimum Gasteiger partial charge on any atom is -0.382 e. The molecule has 116 valence electrons. The first-order valence-corrected chi connectivity index (χ1v) is 7.74. The van der Waals surface area contributed by atoms with Crippen molar-refractivity contribution in [3.05, 3.63) is 35.5 Å². The zero-order valence-corrected chi connectivity index (χ0v) is 12.7. The third-order valence-corrected chi connectivity index (χ3v) is 4.11. The molecule has 22 heavy (non-hydrogen) atoms. The number of anilines is 1. The Morgan fingerprint density at radius 3 is 2.82 bits per heavy atom. The molecule has 1 fully saturated rings. The fourth-order valence-electron chi connectivity index (χ4n) is 2.90. The number of aryl methyl sites for hydroxylation is 1. The van der Waals surface area contributed by atoms with Gasteiger partial charge in [-0.25, -0.2) is 0 Å². The van der Waals surface area contributed by atoms with E-state index in [0.717, 1.165) is 36.9 Å². The van der Waals surface area contributed by atoms with Crippen molar-refractivity contribution in [2.75, 3.05) is 5.73 Å². The van der Waals surface area contributed by atoms with Crippen LogP contribution in [0.15, 0.2) is 24.3 Å². The number of nitrogens with one attached hydrogen (secondary N) is 1. The number of carbonyl (C=O) groups excluding carboxylic acids is 1. The predicted octanol–water partition coefficient (Wildman–Crippen LogP) is 2.22. The summed E-state index contributed by atoms with van der Waals surface area (Å²) in [6.07, 6.45) is 5.63. The number of rotatable bonds is 3. The van der Waals surface area contributed by atoms with E-state index in [-0.39, 0.29) is 23.5 Å². The van der Waals surface area contributed by atoms with Crippen LogP contribution in [-0.4, -0.2) is 26.9 Å². The number of nitrogen functional groups attached to an aromatic ring is 1. The lowest BCUT2D eigenvalue weighted by Gasteiger charge is -2.22. The Morgan fingerprint density at radius 2 is 2.09 bits per heavy atom. The van der Waals surface area contributed by atoms with Crippen LogP contribution in [0.5, 0.6) is 0 Å². The van der Waals surface area contributed by atoms with Crippen molar-refractivity contribution < 1.29 is 4.79 Å². The summed E-state index contributed by atoms with van der Waals surface area (Å²) in [5, 5.41) is 11.0. The Labute approximate surface area is 129 Å². The van der Waals surface area contributed by atoms with Crippen molar-refractivity contribution in [1.82, 2.24) is 20.3 Å². The average molecular weight is 299 g/mol. The SMILES string of the molecule is Cc1cccc(-n2nnc(C(=O)NC3CCCCC3)c2N)c1. The van der Waals surface area contributed by atoms with Crippen molar-refractivity contribution in [3.8, 4) is 5.69 Å². The highest BCUT2D eigenvalue weighted by molar-refractivity contribution is 5.96. The van der Waals surface area contributed by atoms with Gasteiger partial charge >= 0.3 is 0 Å². The molecule has 0 aliphatic heterocycles. The molecule has 0 unspecified atom stereocenters.